The molecule has 0 radical (unpaired) electrons. The number of likely N-dealkylation sites (tertiary alicyclic amines) is 1. The number of sulfonamides is 1. The molecule has 0 aromatic heterocycles. The minimum absolute atomic E-state index is 0.181. The van der Waals surface area contributed by atoms with Crippen LogP contribution in [-0.4, -0.2) is 63.1 Å². The average Bonchev–Trinajstić information content (AvgIpc) is 3.05. The molecule has 156 valence electrons. The first-order valence-electron chi connectivity index (χ1n) is 9.66. The van der Waals surface area contributed by atoms with Gasteiger partial charge in [-0.15, -0.1) is 0 Å². The summed E-state index contributed by atoms with van der Waals surface area (Å²) in [6.07, 6.45) is 0.661. The summed E-state index contributed by atoms with van der Waals surface area (Å²) in [6.45, 7) is 2.48. The third-order valence-corrected chi connectivity index (χ3v) is 7.43. The van der Waals surface area contributed by atoms with E-state index in [0.29, 0.717) is 44.0 Å². The Kier molecular flexibility index (Phi) is 5.61. The SMILES string of the molecule is COCCN1C[C@]2(CCN(Cc3ccccc3F)C2)Oc2ccccc2S1(=O)=O. The minimum atomic E-state index is -3.69. The van der Waals surface area contributed by atoms with Crippen LogP contribution in [0.3, 0.4) is 0 Å². The second kappa shape index (κ2) is 8.02. The van der Waals surface area contributed by atoms with Gasteiger partial charge in [0.15, 0.2) is 0 Å². The van der Waals surface area contributed by atoms with Gasteiger partial charge in [-0.2, -0.15) is 4.31 Å². The molecular weight excluding hydrogens is 395 g/mol. The summed E-state index contributed by atoms with van der Waals surface area (Å²) < 4.78 is 53.4. The molecule has 0 bridgehead atoms. The van der Waals surface area contributed by atoms with Crippen LogP contribution in [0.1, 0.15) is 12.0 Å². The third-order valence-electron chi connectivity index (χ3n) is 5.55. The second-order valence-electron chi connectivity index (χ2n) is 7.62. The van der Waals surface area contributed by atoms with E-state index in [0.717, 1.165) is 0 Å². The molecule has 1 atom stereocenters. The van der Waals surface area contributed by atoms with Gasteiger partial charge in [-0.1, -0.05) is 30.3 Å². The van der Waals surface area contributed by atoms with Crippen molar-refractivity contribution in [3.63, 3.8) is 0 Å². The lowest BCUT2D eigenvalue weighted by molar-refractivity contribution is 0.0532. The van der Waals surface area contributed by atoms with Crippen LogP contribution >= 0.6 is 0 Å². The van der Waals surface area contributed by atoms with Gasteiger partial charge in [-0.25, -0.2) is 12.8 Å². The van der Waals surface area contributed by atoms with E-state index >= 15 is 0 Å². The molecule has 1 spiro atoms. The lowest BCUT2D eigenvalue weighted by Crippen LogP contribution is -2.49. The highest BCUT2D eigenvalue weighted by atomic mass is 32.2. The molecule has 1 saturated heterocycles. The van der Waals surface area contributed by atoms with Crippen molar-refractivity contribution in [1.29, 1.82) is 0 Å². The lowest BCUT2D eigenvalue weighted by atomic mass is 10.0. The van der Waals surface area contributed by atoms with Gasteiger partial charge in [0.1, 0.15) is 22.1 Å². The Bertz CT molecular complexity index is 984. The third kappa shape index (κ3) is 4.02. The molecule has 1 fully saturated rings. The standard InChI is InChI=1S/C21H25FN2O4S/c1-27-13-12-24-16-21(28-19-8-4-5-9-20(19)29(24,25)26)10-11-23(15-21)14-17-6-2-3-7-18(17)22/h2-9H,10-16H2,1H3/t21-/m1/s1. The zero-order chi connectivity index (χ0) is 20.5. The molecule has 4 rings (SSSR count). The van der Waals surface area contributed by atoms with Gasteiger partial charge in [-0.05, 0) is 18.2 Å². The van der Waals surface area contributed by atoms with Crippen LogP contribution < -0.4 is 4.74 Å². The largest absolute Gasteiger partial charge is 0.483 e. The molecule has 2 heterocycles. The van der Waals surface area contributed by atoms with Crippen LogP contribution in [0.15, 0.2) is 53.4 Å². The Labute approximate surface area is 170 Å². The monoisotopic (exact) mass is 420 g/mol. The first kappa shape index (κ1) is 20.3. The number of nitrogens with zero attached hydrogens (tertiary/aromatic N) is 2. The van der Waals surface area contributed by atoms with Crippen molar-refractivity contribution in [2.45, 2.75) is 23.5 Å². The summed E-state index contributed by atoms with van der Waals surface area (Å²) in [4.78, 5) is 2.30. The molecular formula is C21H25FN2O4S. The van der Waals surface area contributed by atoms with Gasteiger partial charge in [0, 0.05) is 45.3 Å². The molecule has 0 unspecified atom stereocenters. The Balaban J connectivity index is 1.63. The number of benzene rings is 2. The van der Waals surface area contributed by atoms with Gasteiger partial charge in [0.25, 0.3) is 0 Å². The molecule has 8 heteroatoms. The van der Waals surface area contributed by atoms with Crippen LogP contribution in [0.2, 0.25) is 0 Å². The summed E-state index contributed by atoms with van der Waals surface area (Å²) >= 11 is 0. The molecule has 2 aliphatic rings. The van der Waals surface area contributed by atoms with Crippen molar-refractivity contribution in [3.8, 4) is 5.75 Å². The van der Waals surface area contributed by atoms with Crippen molar-refractivity contribution >= 4 is 10.0 Å². The topological polar surface area (TPSA) is 59.1 Å². The van der Waals surface area contributed by atoms with Gasteiger partial charge >= 0.3 is 0 Å². The summed E-state index contributed by atoms with van der Waals surface area (Å²) in [5.41, 5.74) is -0.0546. The van der Waals surface area contributed by atoms with Crippen molar-refractivity contribution in [2.75, 3.05) is 39.9 Å². The number of para-hydroxylation sites is 1. The fourth-order valence-electron chi connectivity index (χ4n) is 4.09. The molecule has 0 amide bonds. The number of halogens is 1. The molecule has 0 aliphatic carbocycles. The Hall–Kier alpha value is -2.00. The van der Waals surface area contributed by atoms with E-state index in [1.54, 1.807) is 43.5 Å². The van der Waals surface area contributed by atoms with Gasteiger partial charge in [0.2, 0.25) is 10.0 Å². The summed E-state index contributed by atoms with van der Waals surface area (Å²) in [5.74, 6) is 0.144. The molecule has 0 N–H and O–H groups in total. The van der Waals surface area contributed by atoms with E-state index in [-0.39, 0.29) is 23.8 Å². The highest BCUT2D eigenvalue weighted by Crippen LogP contribution is 2.38. The quantitative estimate of drug-likeness (QED) is 0.744. The van der Waals surface area contributed by atoms with E-state index in [1.807, 2.05) is 6.07 Å². The zero-order valence-electron chi connectivity index (χ0n) is 16.4. The second-order valence-corrected chi connectivity index (χ2v) is 9.52. The summed E-state index contributed by atoms with van der Waals surface area (Å²) in [7, 11) is -2.14. The lowest BCUT2D eigenvalue weighted by Gasteiger charge is -2.32. The van der Waals surface area contributed by atoms with E-state index in [1.165, 1.54) is 10.4 Å². The average molecular weight is 421 g/mol. The Morgan fingerprint density at radius 1 is 1.14 bits per heavy atom. The first-order chi connectivity index (χ1) is 13.9. The smallest absolute Gasteiger partial charge is 0.246 e. The van der Waals surface area contributed by atoms with Gasteiger partial charge < -0.3 is 9.47 Å². The van der Waals surface area contributed by atoms with Gasteiger partial charge in [-0.3, -0.25) is 4.90 Å². The van der Waals surface area contributed by atoms with Crippen LogP contribution in [0.5, 0.6) is 5.75 Å². The molecule has 29 heavy (non-hydrogen) atoms. The van der Waals surface area contributed by atoms with Crippen molar-refractivity contribution in [1.82, 2.24) is 9.21 Å². The normalized spacial score (nSPS) is 24.2. The Morgan fingerprint density at radius 3 is 2.69 bits per heavy atom. The van der Waals surface area contributed by atoms with Crippen LogP contribution in [0.25, 0.3) is 0 Å². The number of hydrogen-bond acceptors (Lipinski definition) is 5. The molecule has 2 aromatic rings. The predicted molar refractivity (Wildman–Crippen MR) is 107 cm³/mol. The van der Waals surface area contributed by atoms with Crippen LogP contribution in [0.4, 0.5) is 4.39 Å². The number of fused-ring (bicyclic) bond motifs is 1. The highest BCUT2D eigenvalue weighted by Gasteiger charge is 2.47. The maximum absolute atomic E-state index is 14.1. The van der Waals surface area contributed by atoms with E-state index in [9.17, 15) is 12.8 Å². The van der Waals surface area contributed by atoms with Crippen LogP contribution in [0, 0.1) is 5.82 Å². The van der Waals surface area contributed by atoms with E-state index < -0.39 is 15.6 Å². The van der Waals surface area contributed by atoms with Crippen molar-refractivity contribution < 1.29 is 22.3 Å². The number of hydrogen-bond donors (Lipinski definition) is 0. The minimum Gasteiger partial charge on any atom is -0.483 e. The molecule has 2 aromatic carbocycles. The highest BCUT2D eigenvalue weighted by molar-refractivity contribution is 7.89. The fraction of sp³-hybridized carbons (Fsp3) is 0.429. The van der Waals surface area contributed by atoms with Gasteiger partial charge in [0.05, 0.1) is 13.2 Å². The van der Waals surface area contributed by atoms with Crippen LogP contribution in [-0.2, 0) is 21.3 Å². The predicted octanol–water partition coefficient (Wildman–Crippen LogP) is 2.50. The number of ether oxygens (including phenoxy) is 2. The maximum atomic E-state index is 14.1. The summed E-state index contributed by atoms with van der Waals surface area (Å²) in [6, 6.07) is 13.5. The Morgan fingerprint density at radius 2 is 1.90 bits per heavy atom. The fourth-order valence-corrected chi connectivity index (χ4v) is 5.71. The molecule has 2 aliphatic heterocycles. The molecule has 6 nitrogen and oxygen atoms in total. The van der Waals surface area contributed by atoms with Crippen molar-refractivity contribution in [2.24, 2.45) is 0 Å². The summed E-state index contributed by atoms with van der Waals surface area (Å²) in [5, 5.41) is 0. The maximum Gasteiger partial charge on any atom is 0.246 e. The van der Waals surface area contributed by atoms with E-state index in [2.05, 4.69) is 4.90 Å². The van der Waals surface area contributed by atoms with E-state index in [4.69, 9.17) is 9.47 Å². The molecule has 0 saturated carbocycles. The zero-order valence-corrected chi connectivity index (χ0v) is 17.2. The number of rotatable bonds is 5. The number of methoxy groups -OCH3 is 1. The first-order valence-corrected chi connectivity index (χ1v) is 11.1. The van der Waals surface area contributed by atoms with Crippen molar-refractivity contribution in [3.05, 3.63) is 59.9 Å².